The van der Waals surface area contributed by atoms with E-state index in [0.717, 1.165) is 12.1 Å². The molecule has 0 saturated carbocycles. The Bertz CT molecular complexity index is 799. The van der Waals surface area contributed by atoms with E-state index in [1.807, 2.05) is 18.2 Å². The van der Waals surface area contributed by atoms with Crippen LogP contribution in [-0.4, -0.2) is 15.2 Å². The van der Waals surface area contributed by atoms with E-state index in [1.54, 1.807) is 6.20 Å². The first-order chi connectivity index (χ1) is 11.7. The number of para-hydroxylation sites is 1. The van der Waals surface area contributed by atoms with E-state index in [9.17, 15) is 0 Å². The van der Waals surface area contributed by atoms with Gasteiger partial charge in [-0.05, 0) is 30.5 Å². The number of nitrogens with zero attached hydrogens (tertiary/aromatic N) is 3. The minimum absolute atomic E-state index is 0.491. The van der Waals surface area contributed by atoms with Crippen LogP contribution in [0.2, 0.25) is 0 Å². The quantitative estimate of drug-likeness (QED) is 0.716. The summed E-state index contributed by atoms with van der Waals surface area (Å²) in [6.07, 6.45) is 2.58. The van der Waals surface area contributed by atoms with Crippen molar-refractivity contribution in [3.8, 4) is 0 Å². The minimum Gasteiger partial charge on any atom is -0.365 e. The van der Waals surface area contributed by atoms with Gasteiger partial charge in [0.15, 0.2) is 5.82 Å². The van der Waals surface area contributed by atoms with Gasteiger partial charge in [0.2, 0.25) is 5.95 Å². The number of aryl methyl sites for hydroxylation is 2. The number of hydrogen-bond acceptors (Lipinski definition) is 5. The maximum absolute atomic E-state index is 4.48. The van der Waals surface area contributed by atoms with Gasteiger partial charge in [0.1, 0.15) is 0 Å². The van der Waals surface area contributed by atoms with Crippen molar-refractivity contribution in [3.05, 3.63) is 71.4 Å². The van der Waals surface area contributed by atoms with E-state index in [0.29, 0.717) is 18.3 Å². The Morgan fingerprint density at radius 1 is 1.00 bits per heavy atom. The summed E-state index contributed by atoms with van der Waals surface area (Å²) in [6, 6.07) is 16.6. The SMILES string of the molecule is CCc1ccccc1Nc1nncc(NCc2ccc(C)cc2)n1. The lowest BCUT2D eigenvalue weighted by Gasteiger charge is -2.10. The summed E-state index contributed by atoms with van der Waals surface area (Å²) in [5.41, 5.74) is 4.69. The Balaban J connectivity index is 1.68. The first kappa shape index (κ1) is 15.9. The van der Waals surface area contributed by atoms with E-state index in [-0.39, 0.29) is 0 Å². The molecule has 0 bridgehead atoms. The number of benzene rings is 2. The highest BCUT2D eigenvalue weighted by molar-refractivity contribution is 5.58. The maximum Gasteiger partial charge on any atom is 0.249 e. The zero-order valence-corrected chi connectivity index (χ0v) is 14.0. The second kappa shape index (κ2) is 7.55. The third-order valence-electron chi connectivity index (χ3n) is 3.80. The van der Waals surface area contributed by atoms with Gasteiger partial charge in [0.25, 0.3) is 0 Å². The molecule has 5 nitrogen and oxygen atoms in total. The lowest BCUT2D eigenvalue weighted by atomic mass is 10.1. The van der Waals surface area contributed by atoms with Gasteiger partial charge in [-0.2, -0.15) is 10.1 Å². The molecule has 0 aliphatic carbocycles. The van der Waals surface area contributed by atoms with Gasteiger partial charge in [-0.3, -0.25) is 0 Å². The van der Waals surface area contributed by atoms with Crippen LogP contribution in [0.15, 0.2) is 54.7 Å². The van der Waals surface area contributed by atoms with E-state index in [2.05, 4.69) is 70.0 Å². The van der Waals surface area contributed by atoms with Gasteiger partial charge < -0.3 is 10.6 Å². The van der Waals surface area contributed by atoms with Crippen LogP contribution in [-0.2, 0) is 13.0 Å². The van der Waals surface area contributed by atoms with Crippen LogP contribution >= 0.6 is 0 Å². The molecule has 24 heavy (non-hydrogen) atoms. The second-order valence-corrected chi connectivity index (χ2v) is 5.64. The number of aromatic nitrogens is 3. The fourth-order valence-electron chi connectivity index (χ4n) is 2.41. The molecular weight excluding hydrogens is 298 g/mol. The number of hydrogen-bond donors (Lipinski definition) is 2. The third kappa shape index (κ3) is 4.07. The smallest absolute Gasteiger partial charge is 0.249 e. The van der Waals surface area contributed by atoms with Crippen LogP contribution in [0.5, 0.6) is 0 Å². The predicted molar refractivity (Wildman–Crippen MR) is 97.4 cm³/mol. The molecule has 0 fully saturated rings. The molecule has 0 aliphatic heterocycles. The van der Waals surface area contributed by atoms with E-state index < -0.39 is 0 Å². The standard InChI is InChI=1S/C19H21N5/c1-3-16-6-4-5-7-17(16)22-19-23-18(13-21-24-19)20-12-15-10-8-14(2)9-11-15/h4-11,13H,3,12H2,1-2H3,(H2,20,22,23,24). The molecule has 0 spiro atoms. The highest BCUT2D eigenvalue weighted by Crippen LogP contribution is 2.19. The fraction of sp³-hybridized carbons (Fsp3) is 0.211. The maximum atomic E-state index is 4.48. The van der Waals surface area contributed by atoms with Crippen molar-refractivity contribution in [2.45, 2.75) is 26.8 Å². The topological polar surface area (TPSA) is 62.7 Å². The molecule has 2 N–H and O–H groups in total. The normalized spacial score (nSPS) is 10.4. The van der Waals surface area contributed by atoms with E-state index in [4.69, 9.17) is 0 Å². The minimum atomic E-state index is 0.491. The molecule has 0 unspecified atom stereocenters. The molecule has 0 aliphatic rings. The Labute approximate surface area is 142 Å². The largest absolute Gasteiger partial charge is 0.365 e. The van der Waals surface area contributed by atoms with Crippen LogP contribution in [0.4, 0.5) is 17.5 Å². The molecule has 1 heterocycles. The zero-order chi connectivity index (χ0) is 16.8. The van der Waals surface area contributed by atoms with Crippen molar-refractivity contribution >= 4 is 17.5 Å². The van der Waals surface area contributed by atoms with Gasteiger partial charge in [0.05, 0.1) is 6.20 Å². The van der Waals surface area contributed by atoms with Crippen molar-refractivity contribution < 1.29 is 0 Å². The average molecular weight is 319 g/mol. The Hall–Kier alpha value is -2.95. The first-order valence-corrected chi connectivity index (χ1v) is 8.08. The van der Waals surface area contributed by atoms with Crippen molar-refractivity contribution in [2.75, 3.05) is 10.6 Å². The summed E-state index contributed by atoms with van der Waals surface area (Å²) in [5, 5.41) is 14.6. The molecule has 3 rings (SSSR count). The summed E-state index contributed by atoms with van der Waals surface area (Å²) in [5.74, 6) is 1.19. The van der Waals surface area contributed by atoms with Gasteiger partial charge in [-0.1, -0.05) is 55.0 Å². The molecule has 122 valence electrons. The molecule has 0 atom stereocenters. The lowest BCUT2D eigenvalue weighted by molar-refractivity contribution is 0.964. The summed E-state index contributed by atoms with van der Waals surface area (Å²) < 4.78 is 0. The molecule has 2 aromatic carbocycles. The summed E-state index contributed by atoms with van der Waals surface area (Å²) in [4.78, 5) is 4.48. The number of nitrogens with one attached hydrogen (secondary N) is 2. The Morgan fingerprint density at radius 2 is 1.79 bits per heavy atom. The number of anilines is 3. The highest BCUT2D eigenvalue weighted by atomic mass is 15.3. The Morgan fingerprint density at radius 3 is 2.58 bits per heavy atom. The van der Waals surface area contributed by atoms with Crippen LogP contribution in [0.1, 0.15) is 23.6 Å². The zero-order valence-electron chi connectivity index (χ0n) is 14.0. The highest BCUT2D eigenvalue weighted by Gasteiger charge is 2.04. The third-order valence-corrected chi connectivity index (χ3v) is 3.80. The second-order valence-electron chi connectivity index (χ2n) is 5.64. The molecule has 0 amide bonds. The van der Waals surface area contributed by atoms with Crippen LogP contribution < -0.4 is 10.6 Å². The van der Waals surface area contributed by atoms with Crippen LogP contribution in [0.3, 0.4) is 0 Å². The Kier molecular flexibility index (Phi) is 5.01. The molecule has 5 heteroatoms. The predicted octanol–water partition coefficient (Wildman–Crippen LogP) is 4.10. The summed E-state index contributed by atoms with van der Waals surface area (Å²) in [6.45, 7) is 4.90. The average Bonchev–Trinajstić information content (AvgIpc) is 2.62. The van der Waals surface area contributed by atoms with Crippen molar-refractivity contribution in [1.82, 2.24) is 15.2 Å². The van der Waals surface area contributed by atoms with Crippen LogP contribution in [0, 0.1) is 6.92 Å². The van der Waals surface area contributed by atoms with Crippen molar-refractivity contribution in [1.29, 1.82) is 0 Å². The molecule has 0 saturated heterocycles. The van der Waals surface area contributed by atoms with Crippen molar-refractivity contribution in [2.24, 2.45) is 0 Å². The number of rotatable bonds is 6. The summed E-state index contributed by atoms with van der Waals surface area (Å²) >= 11 is 0. The molecule has 1 aromatic heterocycles. The lowest BCUT2D eigenvalue weighted by Crippen LogP contribution is -2.06. The molecular formula is C19H21N5. The van der Waals surface area contributed by atoms with Gasteiger partial charge in [-0.25, -0.2) is 0 Å². The first-order valence-electron chi connectivity index (χ1n) is 8.08. The molecule has 3 aromatic rings. The van der Waals surface area contributed by atoms with E-state index in [1.165, 1.54) is 16.7 Å². The molecule has 0 radical (unpaired) electrons. The van der Waals surface area contributed by atoms with Gasteiger partial charge in [0, 0.05) is 12.2 Å². The van der Waals surface area contributed by atoms with Crippen LogP contribution in [0.25, 0.3) is 0 Å². The van der Waals surface area contributed by atoms with Gasteiger partial charge in [-0.15, -0.1) is 5.10 Å². The summed E-state index contributed by atoms with van der Waals surface area (Å²) in [7, 11) is 0. The fourth-order valence-corrected chi connectivity index (χ4v) is 2.41. The van der Waals surface area contributed by atoms with Crippen molar-refractivity contribution in [3.63, 3.8) is 0 Å². The van der Waals surface area contributed by atoms with Gasteiger partial charge >= 0.3 is 0 Å². The van der Waals surface area contributed by atoms with E-state index >= 15 is 0 Å². The monoisotopic (exact) mass is 319 g/mol.